The number of amides is 1. The maximum atomic E-state index is 12.9. The molecule has 8 nitrogen and oxygen atoms in total. The molecule has 3 aromatic rings. The van der Waals surface area contributed by atoms with Gasteiger partial charge in [-0.3, -0.25) is 9.89 Å². The van der Waals surface area contributed by atoms with E-state index in [9.17, 15) is 13.2 Å². The van der Waals surface area contributed by atoms with E-state index < -0.39 is 10.0 Å². The number of thiophene rings is 1. The van der Waals surface area contributed by atoms with Gasteiger partial charge in [-0.05, 0) is 36.1 Å². The number of sulfonamides is 1. The van der Waals surface area contributed by atoms with Gasteiger partial charge in [0.25, 0.3) is 0 Å². The number of hydrogen-bond acceptors (Lipinski definition) is 7. The summed E-state index contributed by atoms with van der Waals surface area (Å²) in [6.07, 6.45) is 0.671. The van der Waals surface area contributed by atoms with Gasteiger partial charge in [0.15, 0.2) is 0 Å². The first kappa shape index (κ1) is 23.5. The minimum absolute atomic E-state index is 0.113. The summed E-state index contributed by atoms with van der Waals surface area (Å²) >= 11 is 2.87. The average Bonchev–Trinajstić information content (AvgIpc) is 3.41. The molecule has 2 heterocycles. The summed E-state index contributed by atoms with van der Waals surface area (Å²) in [5, 5.41) is 12.3. The van der Waals surface area contributed by atoms with Gasteiger partial charge in [-0.1, -0.05) is 37.7 Å². The lowest BCUT2D eigenvalue weighted by Crippen LogP contribution is -2.31. The third kappa shape index (κ3) is 5.94. The van der Waals surface area contributed by atoms with Crippen LogP contribution in [0, 0.1) is 6.92 Å². The van der Waals surface area contributed by atoms with Crippen LogP contribution < -0.4 is 5.32 Å². The van der Waals surface area contributed by atoms with Crippen LogP contribution in [0.25, 0.3) is 0 Å². The Hall–Kier alpha value is -2.21. The van der Waals surface area contributed by atoms with E-state index in [1.165, 1.54) is 27.0 Å². The molecule has 11 heteroatoms. The largest absolute Gasteiger partial charge is 0.325 e. The van der Waals surface area contributed by atoms with Crippen molar-refractivity contribution in [1.29, 1.82) is 0 Å². The van der Waals surface area contributed by atoms with Gasteiger partial charge >= 0.3 is 0 Å². The third-order valence-corrected chi connectivity index (χ3v) is 8.48. The zero-order valence-electron chi connectivity index (χ0n) is 17.6. The normalized spacial score (nSPS) is 11.7. The zero-order valence-corrected chi connectivity index (χ0v) is 20.0. The van der Waals surface area contributed by atoms with Gasteiger partial charge in [0.2, 0.25) is 21.1 Å². The number of carbonyl (C=O) groups excluding carboxylic acids is 1. The van der Waals surface area contributed by atoms with E-state index >= 15 is 0 Å². The summed E-state index contributed by atoms with van der Waals surface area (Å²) < 4.78 is 27.1. The Morgan fingerprint density at radius 3 is 2.71 bits per heavy atom. The number of rotatable bonds is 10. The molecule has 0 aliphatic carbocycles. The fourth-order valence-corrected chi connectivity index (χ4v) is 6.02. The van der Waals surface area contributed by atoms with E-state index in [0.717, 1.165) is 5.82 Å². The maximum Gasteiger partial charge on any atom is 0.243 e. The molecule has 2 N–H and O–H groups in total. The second-order valence-electron chi connectivity index (χ2n) is 6.73. The van der Waals surface area contributed by atoms with Crippen LogP contribution in [-0.2, 0) is 21.2 Å². The van der Waals surface area contributed by atoms with Crippen molar-refractivity contribution in [3.8, 4) is 0 Å². The number of aryl methyl sites for hydroxylation is 1. The summed E-state index contributed by atoms with van der Waals surface area (Å²) in [4.78, 5) is 18.2. The summed E-state index contributed by atoms with van der Waals surface area (Å²) in [6.45, 7) is 6.12. The predicted molar refractivity (Wildman–Crippen MR) is 124 cm³/mol. The van der Waals surface area contributed by atoms with Gasteiger partial charge in [0.1, 0.15) is 5.82 Å². The quantitative estimate of drug-likeness (QED) is 0.431. The molecular weight excluding hydrogens is 454 g/mol. The molecule has 3 rings (SSSR count). The summed E-state index contributed by atoms with van der Waals surface area (Å²) in [5.74, 6) is 0.599. The molecule has 166 valence electrons. The first-order valence-electron chi connectivity index (χ1n) is 9.80. The van der Waals surface area contributed by atoms with Crippen molar-refractivity contribution in [2.24, 2.45) is 0 Å². The third-order valence-electron chi connectivity index (χ3n) is 4.56. The van der Waals surface area contributed by atoms with Crippen molar-refractivity contribution >= 4 is 44.7 Å². The van der Waals surface area contributed by atoms with Gasteiger partial charge in [0, 0.05) is 30.1 Å². The van der Waals surface area contributed by atoms with Gasteiger partial charge in [-0.2, -0.15) is 4.31 Å². The van der Waals surface area contributed by atoms with Crippen LogP contribution in [0.3, 0.4) is 0 Å². The van der Waals surface area contributed by atoms with Crippen molar-refractivity contribution in [2.45, 2.75) is 37.2 Å². The maximum absolute atomic E-state index is 12.9. The number of H-pyrrole nitrogens is 1. The molecule has 0 fully saturated rings. The molecule has 1 aromatic carbocycles. The number of nitrogens with one attached hydrogen (secondary N) is 2. The molecule has 0 spiro atoms. The van der Waals surface area contributed by atoms with E-state index in [0.29, 0.717) is 35.9 Å². The molecule has 0 bridgehead atoms. The Kier molecular flexibility index (Phi) is 7.87. The van der Waals surface area contributed by atoms with E-state index in [1.807, 2.05) is 17.5 Å². The number of carbonyl (C=O) groups is 1. The molecule has 0 unspecified atom stereocenters. The zero-order chi connectivity index (χ0) is 22.4. The Morgan fingerprint density at radius 1 is 1.26 bits per heavy atom. The lowest BCUT2D eigenvalue weighted by molar-refractivity contribution is -0.113. The Bertz CT molecular complexity index is 1120. The van der Waals surface area contributed by atoms with Crippen LogP contribution in [-0.4, -0.2) is 52.7 Å². The van der Waals surface area contributed by atoms with E-state index in [4.69, 9.17) is 0 Å². The topological polar surface area (TPSA) is 108 Å². The molecule has 0 saturated heterocycles. The van der Waals surface area contributed by atoms with Crippen LogP contribution in [0.15, 0.2) is 45.8 Å². The number of hydrogen-bond donors (Lipinski definition) is 2. The number of thioether (sulfide) groups is 1. The van der Waals surface area contributed by atoms with Crippen molar-refractivity contribution in [2.75, 3.05) is 24.2 Å². The lowest BCUT2D eigenvalue weighted by Gasteiger charge is -2.20. The fraction of sp³-hybridized carbons (Fsp3) is 0.350. The molecule has 0 saturated carbocycles. The molecule has 0 atom stereocenters. The number of nitrogens with zero attached hydrogens (tertiary/aromatic N) is 3. The fourth-order valence-electron chi connectivity index (χ4n) is 2.99. The SMILES string of the molecule is CCN(CC)S(=O)(=O)c1cc(NC(=O)CSc2n[nH]c(Cc3cccs3)n2)ccc1C. The van der Waals surface area contributed by atoms with Crippen molar-refractivity contribution in [1.82, 2.24) is 19.5 Å². The highest BCUT2D eigenvalue weighted by Crippen LogP contribution is 2.24. The first-order chi connectivity index (χ1) is 14.8. The Labute approximate surface area is 190 Å². The monoisotopic (exact) mass is 479 g/mol. The highest BCUT2D eigenvalue weighted by molar-refractivity contribution is 7.99. The molecule has 0 aliphatic rings. The minimum Gasteiger partial charge on any atom is -0.325 e. The molecule has 2 aromatic heterocycles. The second kappa shape index (κ2) is 10.4. The van der Waals surface area contributed by atoms with Crippen LogP contribution >= 0.6 is 23.1 Å². The van der Waals surface area contributed by atoms with Gasteiger partial charge in [-0.25, -0.2) is 13.4 Å². The smallest absolute Gasteiger partial charge is 0.243 e. The van der Waals surface area contributed by atoms with E-state index in [2.05, 4.69) is 20.5 Å². The predicted octanol–water partition coefficient (Wildman–Crippen LogP) is 3.53. The first-order valence-corrected chi connectivity index (χ1v) is 13.1. The van der Waals surface area contributed by atoms with Crippen LogP contribution in [0.5, 0.6) is 0 Å². The number of benzene rings is 1. The molecular formula is C20H25N5O3S3. The standard InChI is InChI=1S/C20H25N5O3S3/c1-4-25(5-2)31(27,28)17-11-15(9-8-14(17)3)21-19(26)13-30-20-22-18(23-24-20)12-16-7-6-10-29-16/h6-11H,4-5,12-13H2,1-3H3,(H,21,26)(H,22,23,24). The van der Waals surface area contributed by atoms with Crippen LogP contribution in [0.4, 0.5) is 5.69 Å². The van der Waals surface area contributed by atoms with E-state index in [1.54, 1.807) is 44.2 Å². The molecule has 0 radical (unpaired) electrons. The van der Waals surface area contributed by atoms with Crippen LogP contribution in [0.1, 0.15) is 30.1 Å². The van der Waals surface area contributed by atoms with Crippen molar-refractivity contribution in [3.05, 3.63) is 52.0 Å². The second-order valence-corrected chi connectivity index (χ2v) is 10.6. The van der Waals surface area contributed by atoms with Gasteiger partial charge < -0.3 is 5.32 Å². The molecule has 0 aliphatic heterocycles. The lowest BCUT2D eigenvalue weighted by atomic mass is 10.2. The number of aromatic nitrogens is 3. The van der Waals surface area contributed by atoms with E-state index in [-0.39, 0.29) is 16.6 Å². The summed E-state index contributed by atoms with van der Waals surface area (Å²) in [5.41, 5.74) is 1.08. The Balaban J connectivity index is 1.61. The number of anilines is 1. The van der Waals surface area contributed by atoms with Gasteiger partial charge in [-0.15, -0.1) is 16.4 Å². The minimum atomic E-state index is -3.61. The highest BCUT2D eigenvalue weighted by atomic mass is 32.2. The molecule has 31 heavy (non-hydrogen) atoms. The van der Waals surface area contributed by atoms with Crippen LogP contribution in [0.2, 0.25) is 0 Å². The van der Waals surface area contributed by atoms with Gasteiger partial charge in [0.05, 0.1) is 10.6 Å². The Morgan fingerprint density at radius 2 is 2.03 bits per heavy atom. The highest BCUT2D eigenvalue weighted by Gasteiger charge is 2.24. The summed E-state index contributed by atoms with van der Waals surface area (Å²) in [6, 6.07) is 8.93. The summed E-state index contributed by atoms with van der Waals surface area (Å²) in [7, 11) is -3.61. The average molecular weight is 480 g/mol. The van der Waals surface area contributed by atoms with Crippen molar-refractivity contribution < 1.29 is 13.2 Å². The number of aromatic amines is 1. The van der Waals surface area contributed by atoms with Crippen molar-refractivity contribution in [3.63, 3.8) is 0 Å². The molecule has 1 amide bonds.